The third-order valence-electron chi connectivity index (χ3n) is 6.10. The van der Waals surface area contributed by atoms with Crippen LogP contribution in [-0.4, -0.2) is 22.3 Å². The lowest BCUT2D eigenvalue weighted by molar-refractivity contribution is -0.124. The SMILES string of the molecule is CCn1c(C(=O)Nc2ccccc2F)cc2cc(NC(=O)c3cc(CNC(=O)C(C)C)ccc3Cl)ccc21. The van der Waals surface area contributed by atoms with Gasteiger partial charge in [0.2, 0.25) is 5.91 Å². The van der Waals surface area contributed by atoms with Crippen molar-refractivity contribution in [3.63, 3.8) is 0 Å². The molecule has 0 saturated carbocycles. The lowest BCUT2D eigenvalue weighted by Gasteiger charge is -2.11. The van der Waals surface area contributed by atoms with Gasteiger partial charge < -0.3 is 20.5 Å². The summed E-state index contributed by atoms with van der Waals surface area (Å²) >= 11 is 6.30. The fourth-order valence-corrected chi connectivity index (χ4v) is 4.28. The minimum absolute atomic E-state index is 0.0831. The summed E-state index contributed by atoms with van der Waals surface area (Å²) in [6.45, 7) is 6.32. The smallest absolute Gasteiger partial charge is 0.272 e. The number of nitrogens with zero attached hydrogens (tertiary/aromatic N) is 1. The zero-order valence-electron chi connectivity index (χ0n) is 21.3. The summed E-state index contributed by atoms with van der Waals surface area (Å²) in [5, 5.41) is 9.32. The van der Waals surface area contributed by atoms with Gasteiger partial charge in [-0.1, -0.05) is 43.6 Å². The first-order valence-corrected chi connectivity index (χ1v) is 12.6. The average molecular weight is 535 g/mol. The molecule has 0 saturated heterocycles. The topological polar surface area (TPSA) is 92.2 Å². The Morgan fingerprint density at radius 1 is 0.947 bits per heavy atom. The number of fused-ring (bicyclic) bond motifs is 1. The molecule has 0 bridgehead atoms. The number of benzene rings is 3. The highest BCUT2D eigenvalue weighted by molar-refractivity contribution is 6.34. The van der Waals surface area contributed by atoms with Crippen molar-refractivity contribution in [3.8, 4) is 0 Å². The minimum Gasteiger partial charge on any atom is -0.352 e. The van der Waals surface area contributed by atoms with Gasteiger partial charge in [0.05, 0.1) is 16.3 Å². The Kier molecular flexibility index (Phi) is 8.12. The van der Waals surface area contributed by atoms with Gasteiger partial charge in [-0.3, -0.25) is 14.4 Å². The van der Waals surface area contributed by atoms with Crippen molar-refractivity contribution in [1.82, 2.24) is 9.88 Å². The van der Waals surface area contributed by atoms with Gasteiger partial charge in [0, 0.05) is 35.6 Å². The predicted molar refractivity (Wildman–Crippen MR) is 148 cm³/mol. The normalized spacial score (nSPS) is 11.0. The third kappa shape index (κ3) is 5.86. The quantitative estimate of drug-likeness (QED) is 0.250. The van der Waals surface area contributed by atoms with E-state index in [2.05, 4.69) is 16.0 Å². The first-order valence-electron chi connectivity index (χ1n) is 12.2. The largest absolute Gasteiger partial charge is 0.352 e. The maximum Gasteiger partial charge on any atom is 0.272 e. The number of carbonyl (C=O) groups excluding carboxylic acids is 3. The maximum atomic E-state index is 14.0. The van der Waals surface area contributed by atoms with Gasteiger partial charge in [-0.2, -0.15) is 0 Å². The predicted octanol–water partition coefficient (Wildman–Crippen LogP) is 6.23. The molecule has 1 heterocycles. The Labute approximate surface area is 225 Å². The Bertz CT molecular complexity index is 1530. The van der Waals surface area contributed by atoms with Crippen LogP contribution in [0.2, 0.25) is 5.02 Å². The average Bonchev–Trinajstić information content (AvgIpc) is 3.27. The van der Waals surface area contributed by atoms with Crippen LogP contribution in [0.4, 0.5) is 15.8 Å². The molecule has 9 heteroatoms. The molecule has 3 amide bonds. The van der Waals surface area contributed by atoms with Crippen molar-refractivity contribution in [2.75, 3.05) is 10.6 Å². The van der Waals surface area contributed by atoms with Crippen molar-refractivity contribution in [1.29, 1.82) is 0 Å². The van der Waals surface area contributed by atoms with Gasteiger partial charge in [-0.05, 0) is 61.0 Å². The number of amides is 3. The van der Waals surface area contributed by atoms with Crippen LogP contribution in [0.5, 0.6) is 0 Å². The summed E-state index contributed by atoms with van der Waals surface area (Å²) < 4.78 is 15.9. The molecular formula is C29H28ClFN4O3. The van der Waals surface area contributed by atoms with Crippen molar-refractivity contribution in [2.24, 2.45) is 5.92 Å². The van der Waals surface area contributed by atoms with Crippen molar-refractivity contribution >= 4 is 51.6 Å². The second-order valence-corrected chi connectivity index (χ2v) is 9.53. The molecule has 196 valence electrons. The molecule has 4 aromatic rings. The van der Waals surface area contributed by atoms with E-state index in [1.54, 1.807) is 62.4 Å². The Balaban J connectivity index is 1.55. The van der Waals surface area contributed by atoms with Crippen LogP contribution < -0.4 is 16.0 Å². The van der Waals surface area contributed by atoms with Crippen LogP contribution in [0.1, 0.15) is 47.2 Å². The van der Waals surface area contributed by atoms with E-state index in [0.717, 1.165) is 16.5 Å². The van der Waals surface area contributed by atoms with E-state index < -0.39 is 17.6 Å². The molecule has 0 aliphatic heterocycles. The second kappa shape index (κ2) is 11.5. The number of anilines is 2. The maximum absolute atomic E-state index is 14.0. The van der Waals surface area contributed by atoms with Crippen LogP contribution in [0.25, 0.3) is 10.9 Å². The van der Waals surface area contributed by atoms with E-state index in [9.17, 15) is 18.8 Å². The van der Waals surface area contributed by atoms with Crippen LogP contribution >= 0.6 is 11.6 Å². The molecular weight excluding hydrogens is 507 g/mol. The molecule has 4 rings (SSSR count). The second-order valence-electron chi connectivity index (χ2n) is 9.12. The van der Waals surface area contributed by atoms with Crippen LogP contribution in [-0.2, 0) is 17.9 Å². The molecule has 0 atom stereocenters. The van der Waals surface area contributed by atoms with E-state index in [4.69, 9.17) is 11.6 Å². The van der Waals surface area contributed by atoms with Crippen molar-refractivity contribution < 1.29 is 18.8 Å². The molecule has 1 aromatic heterocycles. The Hall–Kier alpha value is -4.17. The molecule has 0 unspecified atom stereocenters. The van der Waals surface area contributed by atoms with Gasteiger partial charge >= 0.3 is 0 Å². The van der Waals surface area contributed by atoms with E-state index in [0.29, 0.717) is 17.9 Å². The molecule has 0 aliphatic rings. The molecule has 3 aromatic carbocycles. The Morgan fingerprint density at radius 3 is 2.42 bits per heavy atom. The highest BCUT2D eigenvalue weighted by atomic mass is 35.5. The lowest BCUT2D eigenvalue weighted by Crippen LogP contribution is -2.27. The van der Waals surface area contributed by atoms with E-state index >= 15 is 0 Å². The lowest BCUT2D eigenvalue weighted by atomic mass is 10.1. The van der Waals surface area contributed by atoms with E-state index in [1.165, 1.54) is 12.1 Å². The van der Waals surface area contributed by atoms with Crippen LogP contribution in [0.3, 0.4) is 0 Å². The standard InChI is InChI=1S/C29H28ClFN4O3/c1-4-35-25-12-10-20(14-19(25)15-26(35)29(38)34-24-8-6-5-7-23(24)31)33-28(37)21-13-18(9-11-22(21)30)16-32-27(36)17(2)3/h5-15,17H,4,16H2,1-3H3,(H,32,36)(H,33,37)(H,34,38). The summed E-state index contributed by atoms with van der Waals surface area (Å²) in [6.07, 6.45) is 0. The number of aryl methyl sites for hydroxylation is 1. The number of hydrogen-bond acceptors (Lipinski definition) is 3. The first kappa shape index (κ1) is 26.9. The third-order valence-corrected chi connectivity index (χ3v) is 6.43. The zero-order valence-corrected chi connectivity index (χ0v) is 22.0. The molecule has 38 heavy (non-hydrogen) atoms. The fourth-order valence-electron chi connectivity index (χ4n) is 4.07. The van der Waals surface area contributed by atoms with Crippen LogP contribution in [0, 0.1) is 11.7 Å². The number of halogens is 2. The van der Waals surface area contributed by atoms with Crippen LogP contribution in [0.15, 0.2) is 66.7 Å². The summed E-state index contributed by atoms with van der Waals surface area (Å²) in [6, 6.07) is 18.0. The zero-order chi connectivity index (χ0) is 27.4. The number of carbonyl (C=O) groups is 3. The number of para-hydroxylation sites is 1. The molecule has 7 nitrogen and oxygen atoms in total. The summed E-state index contributed by atoms with van der Waals surface area (Å²) in [4.78, 5) is 37.9. The fraction of sp³-hybridized carbons (Fsp3) is 0.207. The number of rotatable bonds is 8. The van der Waals surface area contributed by atoms with Crippen molar-refractivity contribution in [3.05, 3.63) is 94.4 Å². The van der Waals surface area contributed by atoms with Gasteiger partial charge in [-0.25, -0.2) is 4.39 Å². The minimum atomic E-state index is -0.518. The molecule has 3 N–H and O–H groups in total. The summed E-state index contributed by atoms with van der Waals surface area (Å²) in [5.74, 6) is -1.59. The van der Waals surface area contributed by atoms with E-state index in [1.807, 2.05) is 17.6 Å². The molecule has 0 spiro atoms. The van der Waals surface area contributed by atoms with Gasteiger partial charge in [0.15, 0.2) is 0 Å². The highest BCUT2D eigenvalue weighted by Crippen LogP contribution is 2.26. The summed E-state index contributed by atoms with van der Waals surface area (Å²) in [7, 11) is 0. The highest BCUT2D eigenvalue weighted by Gasteiger charge is 2.18. The molecule has 0 aliphatic carbocycles. The van der Waals surface area contributed by atoms with Gasteiger partial charge in [0.25, 0.3) is 11.8 Å². The number of hydrogen-bond donors (Lipinski definition) is 3. The monoisotopic (exact) mass is 534 g/mol. The van der Waals surface area contributed by atoms with Gasteiger partial charge in [0.1, 0.15) is 11.5 Å². The molecule has 0 fully saturated rings. The number of aromatic nitrogens is 1. The summed E-state index contributed by atoms with van der Waals surface area (Å²) in [5.41, 5.74) is 2.81. The Morgan fingerprint density at radius 2 is 1.71 bits per heavy atom. The molecule has 0 radical (unpaired) electrons. The van der Waals surface area contributed by atoms with E-state index in [-0.39, 0.29) is 34.6 Å². The first-order chi connectivity index (χ1) is 18.2. The van der Waals surface area contributed by atoms with Gasteiger partial charge in [-0.15, -0.1) is 0 Å². The van der Waals surface area contributed by atoms with Crippen molar-refractivity contribution in [2.45, 2.75) is 33.9 Å². The number of nitrogens with one attached hydrogen (secondary N) is 3.